The van der Waals surface area contributed by atoms with E-state index >= 15 is 0 Å². The SMILES string of the molecule is Cc1ccc([C@H](C(=O)O)N2CC[C@@H](OCCCCc3ccc4c(n3)NCCC4)C2)c(C2CCCCO2)n1.O=C(O)[C@@H](c1cc(F)cnc1[C@H]1CCCCO1)N1CC[C@@H](OCCCCc2ccc3c(n2)NCCC3)C1.O=C(O)[C@H](c1cc(F)cnc1[C@H]1CCCCO1)N1CC[C@@H](OCCCCc2ccc3c(n2)NCCC3)C1. The third-order valence-electron chi connectivity index (χ3n) is 23.0. The van der Waals surface area contributed by atoms with Gasteiger partial charge in [0, 0.05) is 138 Å². The monoisotopic (exact) mass is 1530 g/mol. The molecule has 1 unspecified atom stereocenters. The number of unbranched alkanes of at least 4 members (excludes halogenated alkanes) is 3. The number of carboxylic acid groups (broad SMARTS) is 3. The van der Waals surface area contributed by atoms with Gasteiger partial charge < -0.3 is 59.7 Å². The predicted molar refractivity (Wildman–Crippen MR) is 416 cm³/mol. The fourth-order valence-electron chi connectivity index (χ4n) is 17.2. The van der Waals surface area contributed by atoms with Crippen molar-refractivity contribution in [2.75, 3.05) is 114 Å². The Bertz CT molecular complexity index is 3860. The number of aromatic nitrogens is 6. The van der Waals surface area contributed by atoms with E-state index in [1.165, 1.54) is 35.2 Å². The van der Waals surface area contributed by atoms with Gasteiger partial charge in [-0.3, -0.25) is 44.0 Å². The van der Waals surface area contributed by atoms with Crippen LogP contribution in [0.5, 0.6) is 0 Å². The summed E-state index contributed by atoms with van der Waals surface area (Å²) >= 11 is 0. The van der Waals surface area contributed by atoms with Crippen LogP contribution in [0.25, 0.3) is 0 Å². The van der Waals surface area contributed by atoms with Crippen LogP contribution in [0, 0.1) is 18.6 Å². The summed E-state index contributed by atoms with van der Waals surface area (Å²) in [7, 11) is 0. The molecule has 24 nitrogen and oxygen atoms in total. The third kappa shape index (κ3) is 22.4. The van der Waals surface area contributed by atoms with Crippen LogP contribution < -0.4 is 16.0 Å². The number of pyridine rings is 6. The van der Waals surface area contributed by atoms with Gasteiger partial charge in [-0.1, -0.05) is 24.3 Å². The average Bonchev–Trinajstić information content (AvgIpc) is 1.42. The molecule has 6 fully saturated rings. The minimum Gasteiger partial charge on any atom is -0.480 e. The zero-order valence-electron chi connectivity index (χ0n) is 64.6. The van der Waals surface area contributed by atoms with Crippen LogP contribution >= 0.6 is 0 Å². The first kappa shape index (κ1) is 81.2. The van der Waals surface area contributed by atoms with Crippen molar-refractivity contribution in [3.05, 3.63) is 158 Å². The molecule has 111 heavy (non-hydrogen) atoms. The molecule has 0 amide bonds. The van der Waals surface area contributed by atoms with Crippen LogP contribution in [0.2, 0.25) is 0 Å². The normalized spacial score (nSPS) is 22.8. The van der Waals surface area contributed by atoms with Crippen molar-refractivity contribution in [2.45, 2.75) is 235 Å². The lowest BCUT2D eigenvalue weighted by molar-refractivity contribution is -0.144. The first-order valence-electron chi connectivity index (χ1n) is 41.3. The lowest BCUT2D eigenvalue weighted by atomic mass is 9.96. The van der Waals surface area contributed by atoms with Gasteiger partial charge in [-0.15, -0.1) is 0 Å². The molecule has 6 saturated heterocycles. The Hall–Kier alpha value is -7.79. The maximum absolute atomic E-state index is 14.2. The lowest BCUT2D eigenvalue weighted by Gasteiger charge is -2.30. The largest absolute Gasteiger partial charge is 0.480 e. The second-order valence-electron chi connectivity index (χ2n) is 31.2. The number of ether oxygens (including phenoxy) is 6. The molecule has 15 heterocycles. The van der Waals surface area contributed by atoms with Gasteiger partial charge in [0.2, 0.25) is 0 Å². The van der Waals surface area contributed by atoms with Crippen molar-refractivity contribution in [1.29, 1.82) is 0 Å². The number of rotatable bonds is 30. The van der Waals surface area contributed by atoms with E-state index < -0.39 is 47.7 Å². The topological polar surface area (TPSA) is 290 Å². The van der Waals surface area contributed by atoms with Gasteiger partial charge in [0.15, 0.2) is 0 Å². The Labute approximate surface area is 651 Å². The van der Waals surface area contributed by atoms with E-state index in [0.29, 0.717) is 101 Å². The maximum atomic E-state index is 14.2. The summed E-state index contributed by atoms with van der Waals surface area (Å²) in [4.78, 5) is 70.6. The van der Waals surface area contributed by atoms with Gasteiger partial charge in [-0.25, -0.2) is 23.7 Å². The van der Waals surface area contributed by atoms with Crippen LogP contribution in [0.3, 0.4) is 0 Å². The van der Waals surface area contributed by atoms with Crippen LogP contribution in [-0.4, -0.2) is 195 Å². The number of anilines is 3. The smallest absolute Gasteiger partial charge is 0.325 e. The molecule has 600 valence electrons. The van der Waals surface area contributed by atoms with Crippen LogP contribution in [0.15, 0.2) is 73.1 Å². The fraction of sp³-hybridized carbons (Fsp3) is 0.612. The van der Waals surface area contributed by atoms with Crippen LogP contribution in [0.1, 0.15) is 245 Å². The molecular weight excluding hydrogens is 1420 g/mol. The van der Waals surface area contributed by atoms with Crippen LogP contribution in [0.4, 0.5) is 26.2 Å². The highest BCUT2D eigenvalue weighted by Crippen LogP contribution is 2.40. The number of hydrogen-bond donors (Lipinski definition) is 6. The van der Waals surface area contributed by atoms with E-state index in [0.717, 1.165) is 250 Å². The van der Waals surface area contributed by atoms with Crippen molar-refractivity contribution in [3.8, 4) is 0 Å². The van der Waals surface area contributed by atoms with Gasteiger partial charge in [-0.2, -0.15) is 0 Å². The van der Waals surface area contributed by atoms with Crippen LogP contribution in [-0.2, 0) is 81.3 Å². The van der Waals surface area contributed by atoms with E-state index in [9.17, 15) is 38.5 Å². The summed E-state index contributed by atoms with van der Waals surface area (Å²) in [5.41, 5.74) is 11.6. The van der Waals surface area contributed by atoms with Gasteiger partial charge >= 0.3 is 17.9 Å². The molecule has 6 N–H and O–H groups in total. The minimum absolute atomic E-state index is 0.0381. The highest BCUT2D eigenvalue weighted by Gasteiger charge is 2.41. The van der Waals surface area contributed by atoms with Gasteiger partial charge in [0.1, 0.15) is 47.2 Å². The predicted octanol–water partition coefficient (Wildman–Crippen LogP) is 13.5. The third-order valence-corrected chi connectivity index (χ3v) is 23.0. The number of nitrogens with one attached hydrogen (secondary N) is 3. The second kappa shape index (κ2) is 40.8. The second-order valence-corrected chi connectivity index (χ2v) is 31.2. The molecule has 6 aromatic rings. The van der Waals surface area contributed by atoms with Crippen molar-refractivity contribution in [1.82, 2.24) is 44.6 Å². The molecule has 0 radical (unpaired) electrons. The summed E-state index contributed by atoms with van der Waals surface area (Å²) in [5.74, 6) is -0.781. The summed E-state index contributed by atoms with van der Waals surface area (Å²) in [6.07, 6.45) is 27.8. The highest BCUT2D eigenvalue weighted by molar-refractivity contribution is 5.77. The number of aryl methyl sites for hydroxylation is 7. The first-order valence-corrected chi connectivity index (χ1v) is 41.3. The molecule has 9 aliphatic rings. The van der Waals surface area contributed by atoms with Gasteiger partial charge in [0.25, 0.3) is 0 Å². The van der Waals surface area contributed by atoms with Crippen molar-refractivity contribution >= 4 is 35.4 Å². The Morgan fingerprint density at radius 3 is 1.16 bits per heavy atom. The van der Waals surface area contributed by atoms with Gasteiger partial charge in [-0.05, 0) is 233 Å². The van der Waals surface area contributed by atoms with E-state index in [2.05, 4.69) is 62.3 Å². The Morgan fingerprint density at radius 1 is 0.450 bits per heavy atom. The summed E-state index contributed by atoms with van der Waals surface area (Å²) < 4.78 is 64.5. The number of likely N-dealkylation sites (tertiary alicyclic amines) is 3. The number of carbonyl (C=O) groups is 3. The van der Waals surface area contributed by atoms with E-state index in [1.54, 1.807) is 0 Å². The van der Waals surface area contributed by atoms with E-state index in [-0.39, 0.29) is 36.6 Å². The summed E-state index contributed by atoms with van der Waals surface area (Å²) in [6, 6.07) is 16.8. The number of aliphatic carboxylic acids is 3. The van der Waals surface area contributed by atoms with Crippen molar-refractivity contribution in [2.24, 2.45) is 0 Å². The highest BCUT2D eigenvalue weighted by atomic mass is 19.1. The Balaban J connectivity index is 0.000000146. The molecule has 0 bridgehead atoms. The molecule has 15 rings (SSSR count). The molecule has 26 heteroatoms. The fourth-order valence-corrected chi connectivity index (χ4v) is 17.2. The van der Waals surface area contributed by atoms with Crippen molar-refractivity contribution in [3.63, 3.8) is 0 Å². The molecule has 6 aromatic heterocycles. The number of fused-ring (bicyclic) bond motifs is 3. The number of halogens is 2. The molecule has 0 saturated carbocycles. The van der Waals surface area contributed by atoms with Gasteiger partial charge in [0.05, 0.1) is 66.1 Å². The number of nitrogens with zero attached hydrogens (tertiary/aromatic N) is 9. The Morgan fingerprint density at radius 2 is 0.811 bits per heavy atom. The minimum atomic E-state index is -1.00. The quantitative estimate of drug-likeness (QED) is 0.0228. The maximum Gasteiger partial charge on any atom is 0.325 e. The molecule has 0 aromatic carbocycles. The zero-order valence-corrected chi connectivity index (χ0v) is 64.6. The zero-order chi connectivity index (χ0) is 76.8. The molecule has 0 spiro atoms. The molecule has 9 atom stereocenters. The average molecular weight is 1530 g/mol. The van der Waals surface area contributed by atoms with Crippen molar-refractivity contribution < 1.29 is 66.9 Å². The van der Waals surface area contributed by atoms with E-state index in [4.69, 9.17) is 48.4 Å². The molecule has 9 aliphatic heterocycles. The summed E-state index contributed by atoms with van der Waals surface area (Å²) in [5, 5.41) is 40.7. The Kier molecular flexibility index (Phi) is 29.9. The molecule has 0 aliphatic carbocycles. The first-order chi connectivity index (χ1) is 54.2. The van der Waals surface area contributed by atoms with E-state index in [1.807, 2.05) is 33.8 Å². The standard InChI is InChI=1S/C29H40N4O4.2C28H37FN4O4/c1-20-10-13-24(26(31-20)25-9-3-5-18-37-25)27(29(34)35)33-16-14-23(19-33)36-17-4-2-8-22-12-11-21-7-6-15-30-28(21)32-22;2*29-20-16-23(25(31-17-20)24-8-2-4-15-37-24)26(28(34)35)33-13-11-22(18-33)36-14-3-1-7-21-10-9-19-6-5-12-30-27(19)32-21/h10-13,23,25,27H,2-9,14-19H2,1H3,(H,30,32)(H,34,35);2*9-10,16-17,22,24,26H,1-8,11-15,18H2,(H,30,32)(H,34,35)/t23-,25?,27-;22-,24-,26+;22-,24-,26-/m111/s1. The molecular formula is C85H114F2N12O12. The number of carboxylic acids is 3. The number of hydrogen-bond acceptors (Lipinski definition) is 21. The summed E-state index contributed by atoms with van der Waals surface area (Å²) in [6.45, 7) is 12.3. The lowest BCUT2D eigenvalue weighted by Crippen LogP contribution is -2.35.